The van der Waals surface area contributed by atoms with Crippen LogP contribution >= 0.6 is 0 Å². The van der Waals surface area contributed by atoms with Crippen molar-refractivity contribution in [1.29, 1.82) is 0 Å². The lowest BCUT2D eigenvalue weighted by Crippen LogP contribution is -2.44. The molecule has 1 fully saturated rings. The molecular formula is C18H27N3O3. The van der Waals surface area contributed by atoms with E-state index in [-0.39, 0.29) is 30.9 Å². The fourth-order valence-corrected chi connectivity index (χ4v) is 2.60. The molecule has 6 heteroatoms. The number of methoxy groups -OCH3 is 1. The van der Waals surface area contributed by atoms with E-state index in [0.717, 1.165) is 0 Å². The van der Waals surface area contributed by atoms with E-state index in [1.807, 2.05) is 30.9 Å². The fraction of sp³-hybridized carbons (Fsp3) is 0.556. The lowest BCUT2D eigenvalue weighted by atomic mass is 10.2. The monoisotopic (exact) mass is 333 g/mol. The number of nitrogens with one attached hydrogen (secondary N) is 2. The van der Waals surface area contributed by atoms with Crippen LogP contribution in [0.15, 0.2) is 24.3 Å². The number of ether oxygens (including phenoxy) is 1. The molecule has 2 amide bonds. The van der Waals surface area contributed by atoms with Crippen molar-refractivity contribution in [3.63, 3.8) is 0 Å². The summed E-state index contributed by atoms with van der Waals surface area (Å²) in [5.74, 6) is 1.15. The van der Waals surface area contributed by atoms with Crippen LogP contribution in [0.25, 0.3) is 0 Å². The minimum absolute atomic E-state index is 0.0227. The summed E-state index contributed by atoms with van der Waals surface area (Å²) in [6, 6.07) is 7.43. The second-order valence-electron chi connectivity index (χ2n) is 6.28. The highest BCUT2D eigenvalue weighted by atomic mass is 16.5. The van der Waals surface area contributed by atoms with Gasteiger partial charge in [0.1, 0.15) is 5.75 Å². The molecule has 0 unspecified atom stereocenters. The molecule has 1 saturated carbocycles. The van der Waals surface area contributed by atoms with Crippen molar-refractivity contribution in [2.24, 2.45) is 5.92 Å². The van der Waals surface area contributed by atoms with Crippen LogP contribution in [-0.2, 0) is 9.59 Å². The van der Waals surface area contributed by atoms with Gasteiger partial charge in [0, 0.05) is 17.8 Å². The van der Waals surface area contributed by atoms with Gasteiger partial charge in [-0.25, -0.2) is 0 Å². The lowest BCUT2D eigenvalue weighted by molar-refractivity contribution is -0.124. The maximum Gasteiger partial charge on any atom is 0.238 e. The first-order valence-corrected chi connectivity index (χ1v) is 8.47. The second kappa shape index (κ2) is 8.68. The van der Waals surface area contributed by atoms with Gasteiger partial charge < -0.3 is 15.4 Å². The Morgan fingerprint density at radius 2 is 2.00 bits per heavy atom. The summed E-state index contributed by atoms with van der Waals surface area (Å²) in [6.07, 6.45) is 2.39. The minimum atomic E-state index is -0.145. The van der Waals surface area contributed by atoms with Gasteiger partial charge in [0.25, 0.3) is 0 Å². The minimum Gasteiger partial charge on any atom is -0.497 e. The maximum atomic E-state index is 12.2. The number of hydrogen-bond donors (Lipinski definition) is 2. The van der Waals surface area contributed by atoms with Gasteiger partial charge >= 0.3 is 0 Å². The first-order valence-electron chi connectivity index (χ1n) is 8.47. The molecule has 0 heterocycles. The first-order chi connectivity index (χ1) is 11.5. The zero-order valence-electron chi connectivity index (χ0n) is 14.7. The molecule has 2 rings (SSSR count). The van der Waals surface area contributed by atoms with E-state index in [2.05, 4.69) is 10.6 Å². The number of benzene rings is 1. The lowest BCUT2D eigenvalue weighted by Gasteiger charge is -2.21. The van der Waals surface area contributed by atoms with Crippen molar-refractivity contribution >= 4 is 17.5 Å². The zero-order valence-corrected chi connectivity index (χ0v) is 14.7. The SMILES string of the molecule is CCN(CC(=O)Nc1cccc(OC)c1)CC(=O)N[C@H](C)C1CC1. The van der Waals surface area contributed by atoms with Gasteiger partial charge in [-0.05, 0) is 44.4 Å². The Morgan fingerprint density at radius 1 is 1.29 bits per heavy atom. The summed E-state index contributed by atoms with van der Waals surface area (Å²) >= 11 is 0. The van der Waals surface area contributed by atoms with E-state index in [4.69, 9.17) is 4.74 Å². The molecule has 0 saturated heterocycles. The summed E-state index contributed by atoms with van der Waals surface area (Å²) in [5.41, 5.74) is 0.683. The van der Waals surface area contributed by atoms with E-state index in [1.54, 1.807) is 19.2 Å². The molecule has 24 heavy (non-hydrogen) atoms. The Morgan fingerprint density at radius 3 is 2.62 bits per heavy atom. The largest absolute Gasteiger partial charge is 0.497 e. The van der Waals surface area contributed by atoms with Crippen LogP contribution in [0.3, 0.4) is 0 Å². The number of carbonyl (C=O) groups excluding carboxylic acids is 2. The summed E-state index contributed by atoms with van der Waals surface area (Å²) in [7, 11) is 1.58. The molecule has 0 radical (unpaired) electrons. The molecule has 1 aliphatic rings. The van der Waals surface area contributed by atoms with Crippen LogP contribution in [0, 0.1) is 5.92 Å². The zero-order chi connectivity index (χ0) is 17.5. The molecule has 0 aromatic heterocycles. The number of nitrogens with zero attached hydrogens (tertiary/aromatic N) is 1. The summed E-state index contributed by atoms with van der Waals surface area (Å²) < 4.78 is 5.14. The Bertz CT molecular complexity index is 572. The van der Waals surface area contributed by atoms with Gasteiger partial charge in [0.2, 0.25) is 11.8 Å². The quantitative estimate of drug-likeness (QED) is 0.724. The van der Waals surface area contributed by atoms with Crippen molar-refractivity contribution in [3.05, 3.63) is 24.3 Å². The molecule has 0 spiro atoms. The predicted octanol–water partition coefficient (Wildman–Crippen LogP) is 1.87. The normalized spacial score (nSPS) is 15.0. The van der Waals surface area contributed by atoms with Gasteiger partial charge in [-0.15, -0.1) is 0 Å². The van der Waals surface area contributed by atoms with E-state index in [0.29, 0.717) is 23.9 Å². The van der Waals surface area contributed by atoms with E-state index in [9.17, 15) is 9.59 Å². The average Bonchev–Trinajstić information content (AvgIpc) is 3.39. The fourth-order valence-electron chi connectivity index (χ4n) is 2.60. The molecular weight excluding hydrogens is 306 g/mol. The van der Waals surface area contributed by atoms with Gasteiger partial charge in [-0.3, -0.25) is 14.5 Å². The highest BCUT2D eigenvalue weighted by Gasteiger charge is 2.29. The molecule has 1 atom stereocenters. The highest BCUT2D eigenvalue weighted by Crippen LogP contribution is 2.32. The topological polar surface area (TPSA) is 70.7 Å². The number of amides is 2. The molecule has 2 N–H and O–H groups in total. The maximum absolute atomic E-state index is 12.2. The summed E-state index contributed by atoms with van der Waals surface area (Å²) in [4.78, 5) is 26.1. The van der Waals surface area contributed by atoms with Crippen LogP contribution in [0.2, 0.25) is 0 Å². The van der Waals surface area contributed by atoms with Crippen molar-refractivity contribution in [2.45, 2.75) is 32.7 Å². The number of hydrogen-bond acceptors (Lipinski definition) is 4. The van der Waals surface area contributed by atoms with Gasteiger partial charge in [-0.2, -0.15) is 0 Å². The predicted molar refractivity (Wildman–Crippen MR) is 94.1 cm³/mol. The third kappa shape index (κ3) is 5.85. The Balaban J connectivity index is 1.79. The Labute approximate surface area is 143 Å². The van der Waals surface area contributed by atoms with Crippen LogP contribution in [0.4, 0.5) is 5.69 Å². The molecule has 132 valence electrons. The summed E-state index contributed by atoms with van der Waals surface area (Å²) in [5, 5.41) is 5.85. The Kier molecular flexibility index (Phi) is 6.61. The summed E-state index contributed by atoms with van der Waals surface area (Å²) in [6.45, 7) is 5.03. The van der Waals surface area contributed by atoms with Gasteiger partial charge in [0.05, 0.1) is 20.2 Å². The van der Waals surface area contributed by atoms with Crippen LogP contribution < -0.4 is 15.4 Å². The smallest absolute Gasteiger partial charge is 0.238 e. The number of anilines is 1. The highest BCUT2D eigenvalue weighted by molar-refractivity contribution is 5.92. The van der Waals surface area contributed by atoms with Crippen molar-refractivity contribution in [3.8, 4) is 5.75 Å². The second-order valence-corrected chi connectivity index (χ2v) is 6.28. The average molecular weight is 333 g/mol. The van der Waals surface area contributed by atoms with Gasteiger partial charge in [0.15, 0.2) is 0 Å². The number of carbonyl (C=O) groups is 2. The third-order valence-corrected chi connectivity index (χ3v) is 4.25. The van der Waals surface area contributed by atoms with Gasteiger partial charge in [-0.1, -0.05) is 13.0 Å². The number of rotatable bonds is 9. The van der Waals surface area contributed by atoms with E-state index < -0.39 is 0 Å². The van der Waals surface area contributed by atoms with E-state index >= 15 is 0 Å². The van der Waals surface area contributed by atoms with Crippen LogP contribution in [0.5, 0.6) is 5.75 Å². The molecule has 1 aromatic rings. The Hall–Kier alpha value is -2.08. The molecule has 1 aliphatic carbocycles. The number of likely N-dealkylation sites (N-methyl/N-ethyl adjacent to an activating group) is 1. The van der Waals surface area contributed by atoms with E-state index in [1.165, 1.54) is 12.8 Å². The van der Waals surface area contributed by atoms with Crippen LogP contribution in [0.1, 0.15) is 26.7 Å². The third-order valence-electron chi connectivity index (χ3n) is 4.25. The van der Waals surface area contributed by atoms with Crippen molar-refractivity contribution in [1.82, 2.24) is 10.2 Å². The van der Waals surface area contributed by atoms with Crippen molar-refractivity contribution < 1.29 is 14.3 Å². The molecule has 0 bridgehead atoms. The van der Waals surface area contributed by atoms with Crippen LogP contribution in [-0.4, -0.2) is 49.5 Å². The first kappa shape index (κ1) is 18.3. The molecule has 1 aromatic carbocycles. The molecule has 6 nitrogen and oxygen atoms in total. The molecule has 0 aliphatic heterocycles. The standard InChI is InChI=1S/C18H27N3O3/c1-4-21(11-17(22)19-13(2)14-8-9-14)12-18(23)20-15-6-5-7-16(10-15)24-3/h5-7,10,13-14H,4,8-9,11-12H2,1-3H3,(H,19,22)(H,20,23)/t13-/m1/s1. The van der Waals surface area contributed by atoms with Crippen molar-refractivity contribution in [2.75, 3.05) is 32.1 Å².